The molecule has 3 N–H and O–H groups in total. The van der Waals surface area contributed by atoms with E-state index < -0.39 is 17.8 Å². The zero-order chi connectivity index (χ0) is 25.0. The van der Waals surface area contributed by atoms with E-state index in [4.69, 9.17) is 14.7 Å². The van der Waals surface area contributed by atoms with Crippen LogP contribution in [0.3, 0.4) is 0 Å². The number of ether oxygens (including phenoxy) is 2. The second-order valence-electron chi connectivity index (χ2n) is 9.10. The molecule has 3 aromatic carbocycles. The Balaban J connectivity index is 1.39. The molecule has 0 spiro atoms. The van der Waals surface area contributed by atoms with Crippen LogP contribution in [-0.2, 0) is 10.3 Å². The number of nitriles is 2. The van der Waals surface area contributed by atoms with E-state index in [0.717, 1.165) is 0 Å². The first kappa shape index (κ1) is 22.0. The van der Waals surface area contributed by atoms with Gasteiger partial charge in [0.2, 0.25) is 11.8 Å². The third kappa shape index (κ3) is 3.06. The van der Waals surface area contributed by atoms with Crippen molar-refractivity contribution in [1.29, 1.82) is 10.5 Å². The molecule has 2 bridgehead atoms. The fourth-order valence-electron chi connectivity index (χ4n) is 5.56. The summed E-state index contributed by atoms with van der Waals surface area (Å²) in [6.45, 7) is 0.232. The quantitative estimate of drug-likeness (QED) is 0.389. The lowest BCUT2D eigenvalue weighted by atomic mass is 9.81. The molecule has 0 amide bonds. The molecule has 2 aliphatic heterocycles. The molecule has 1 fully saturated rings. The standard InChI is InChI=1S/C28H21N3O5/c29-14-16-5-8-18(9-6-16)35-12-11-28-13-22(32)25(36-28)23-24(28)27(34)31(26(23)33)21-10-7-17(15-30)19-3-1-2-4-20(19)21/h1-10,22,25,32-34H,11-13H2/t22-,25-,28+/m1/s1. The van der Waals surface area contributed by atoms with Gasteiger partial charge in [0.1, 0.15) is 17.5 Å². The number of aliphatic hydroxyl groups excluding tert-OH is 1. The van der Waals surface area contributed by atoms with Crippen LogP contribution in [-0.4, -0.2) is 32.6 Å². The van der Waals surface area contributed by atoms with E-state index in [9.17, 15) is 20.6 Å². The van der Waals surface area contributed by atoms with Crippen LogP contribution in [0.4, 0.5) is 0 Å². The molecular weight excluding hydrogens is 458 g/mol. The van der Waals surface area contributed by atoms with Gasteiger partial charge in [-0.05, 0) is 36.4 Å². The summed E-state index contributed by atoms with van der Waals surface area (Å²) in [4.78, 5) is 0. The molecule has 0 aliphatic carbocycles. The monoisotopic (exact) mass is 479 g/mol. The summed E-state index contributed by atoms with van der Waals surface area (Å²) in [7, 11) is 0. The van der Waals surface area contributed by atoms with E-state index in [2.05, 4.69) is 12.1 Å². The van der Waals surface area contributed by atoms with Crippen LogP contribution in [0, 0.1) is 22.7 Å². The number of hydrogen-bond acceptors (Lipinski definition) is 7. The van der Waals surface area contributed by atoms with E-state index >= 15 is 0 Å². The molecule has 8 heteroatoms. The zero-order valence-corrected chi connectivity index (χ0v) is 19.0. The van der Waals surface area contributed by atoms with Gasteiger partial charge in [0.25, 0.3) is 0 Å². The number of hydrogen-bond donors (Lipinski definition) is 3. The molecule has 8 nitrogen and oxygen atoms in total. The second-order valence-corrected chi connectivity index (χ2v) is 9.10. The molecular formula is C28H21N3O5. The maximum atomic E-state index is 11.4. The van der Waals surface area contributed by atoms with Crippen molar-refractivity contribution in [3.05, 3.63) is 82.9 Å². The number of aromatic nitrogens is 1. The van der Waals surface area contributed by atoms with Gasteiger partial charge in [0.05, 0.1) is 52.8 Å². The Labute approximate surface area is 206 Å². The van der Waals surface area contributed by atoms with Crippen molar-refractivity contribution < 1.29 is 24.8 Å². The summed E-state index contributed by atoms with van der Waals surface area (Å²) in [6.07, 6.45) is -1.02. The summed E-state index contributed by atoms with van der Waals surface area (Å²) < 4.78 is 13.4. The predicted octanol–water partition coefficient (Wildman–Crippen LogP) is 4.29. The number of rotatable bonds is 5. The summed E-state index contributed by atoms with van der Waals surface area (Å²) in [6, 6.07) is 21.6. The van der Waals surface area contributed by atoms with Crippen molar-refractivity contribution >= 4 is 10.8 Å². The van der Waals surface area contributed by atoms with Gasteiger partial charge in [0, 0.05) is 23.6 Å². The van der Waals surface area contributed by atoms with Gasteiger partial charge in [0.15, 0.2) is 0 Å². The Bertz CT molecular complexity index is 1590. The minimum absolute atomic E-state index is 0.162. The lowest BCUT2D eigenvalue weighted by Crippen LogP contribution is -2.28. The summed E-state index contributed by atoms with van der Waals surface area (Å²) >= 11 is 0. The fraction of sp³-hybridized carbons (Fsp3) is 0.214. The molecule has 3 heterocycles. The minimum atomic E-state index is -1.03. The van der Waals surface area contributed by atoms with E-state index in [-0.39, 0.29) is 24.8 Å². The Kier molecular flexibility index (Phi) is 4.90. The molecule has 178 valence electrons. The average Bonchev–Trinajstić information content (AvgIpc) is 3.50. The number of benzene rings is 3. The normalized spacial score (nSPS) is 21.8. The number of nitrogens with zero attached hydrogens (tertiary/aromatic N) is 3. The second kappa shape index (κ2) is 8.03. The van der Waals surface area contributed by atoms with Crippen molar-refractivity contribution in [2.75, 3.05) is 6.61 Å². The lowest BCUT2D eigenvalue weighted by Gasteiger charge is -2.26. The van der Waals surface area contributed by atoms with Crippen molar-refractivity contribution in [2.45, 2.75) is 30.7 Å². The van der Waals surface area contributed by atoms with Crippen LogP contribution >= 0.6 is 0 Å². The molecule has 1 saturated heterocycles. The van der Waals surface area contributed by atoms with Crippen LogP contribution in [0.25, 0.3) is 16.5 Å². The molecule has 0 saturated carbocycles. The topological polar surface area (TPSA) is 132 Å². The maximum Gasteiger partial charge on any atom is 0.205 e. The Morgan fingerprint density at radius 2 is 1.72 bits per heavy atom. The third-order valence-electron chi connectivity index (χ3n) is 7.16. The highest BCUT2D eigenvalue weighted by Gasteiger charge is 2.59. The molecule has 0 unspecified atom stereocenters. The smallest absolute Gasteiger partial charge is 0.205 e. The van der Waals surface area contributed by atoms with Gasteiger partial charge in [-0.25, -0.2) is 0 Å². The van der Waals surface area contributed by atoms with Crippen LogP contribution in [0.5, 0.6) is 17.5 Å². The number of fused-ring (bicyclic) bond motifs is 6. The van der Waals surface area contributed by atoms with Crippen molar-refractivity contribution in [2.24, 2.45) is 0 Å². The molecule has 2 aliphatic rings. The highest BCUT2D eigenvalue weighted by atomic mass is 16.5. The van der Waals surface area contributed by atoms with Crippen molar-refractivity contribution in [3.8, 4) is 35.3 Å². The summed E-state index contributed by atoms with van der Waals surface area (Å²) in [5, 5.41) is 53.3. The first-order chi connectivity index (χ1) is 17.5. The van der Waals surface area contributed by atoms with Crippen LogP contribution in [0.1, 0.15) is 41.2 Å². The fourth-order valence-corrected chi connectivity index (χ4v) is 5.56. The van der Waals surface area contributed by atoms with Gasteiger partial charge >= 0.3 is 0 Å². The van der Waals surface area contributed by atoms with Gasteiger partial charge in [-0.2, -0.15) is 10.5 Å². The van der Waals surface area contributed by atoms with E-state index in [1.807, 2.05) is 24.3 Å². The minimum Gasteiger partial charge on any atom is -0.494 e. The highest BCUT2D eigenvalue weighted by molar-refractivity contribution is 5.95. The maximum absolute atomic E-state index is 11.4. The molecule has 1 aromatic heterocycles. The number of aliphatic hydroxyl groups is 1. The Morgan fingerprint density at radius 1 is 0.972 bits per heavy atom. The molecule has 0 radical (unpaired) electrons. The SMILES string of the molecule is N#Cc1ccc(OCC[C@@]23C[C@@H](O)[C@@H](O2)c2c3c(O)n(-c3ccc(C#N)c4ccccc34)c2O)cc1. The van der Waals surface area contributed by atoms with Gasteiger partial charge < -0.3 is 24.8 Å². The largest absolute Gasteiger partial charge is 0.494 e. The van der Waals surface area contributed by atoms with Gasteiger partial charge in [-0.1, -0.05) is 24.3 Å². The summed E-state index contributed by atoms with van der Waals surface area (Å²) in [5.41, 5.74) is 1.34. The molecule has 36 heavy (non-hydrogen) atoms. The molecule has 4 aromatic rings. The molecule has 3 atom stereocenters. The first-order valence-electron chi connectivity index (χ1n) is 11.6. The average molecular weight is 479 g/mol. The van der Waals surface area contributed by atoms with E-state index in [1.54, 1.807) is 36.4 Å². The van der Waals surface area contributed by atoms with Crippen LogP contribution in [0.2, 0.25) is 0 Å². The Hall–Kier alpha value is -4.50. The lowest BCUT2D eigenvalue weighted by molar-refractivity contribution is -0.0455. The van der Waals surface area contributed by atoms with Crippen molar-refractivity contribution in [1.82, 2.24) is 4.57 Å². The van der Waals surface area contributed by atoms with Crippen LogP contribution < -0.4 is 4.74 Å². The summed E-state index contributed by atoms with van der Waals surface area (Å²) in [5.74, 6) is 0.230. The third-order valence-corrected chi connectivity index (χ3v) is 7.16. The number of aromatic hydroxyl groups is 2. The predicted molar refractivity (Wildman–Crippen MR) is 129 cm³/mol. The van der Waals surface area contributed by atoms with Gasteiger partial charge in [-0.3, -0.25) is 4.57 Å². The van der Waals surface area contributed by atoms with E-state index in [0.29, 0.717) is 50.9 Å². The molecule has 6 rings (SSSR count). The van der Waals surface area contributed by atoms with E-state index in [1.165, 1.54) is 4.57 Å². The first-order valence-corrected chi connectivity index (χ1v) is 11.6. The zero-order valence-electron chi connectivity index (χ0n) is 19.0. The van der Waals surface area contributed by atoms with Crippen LogP contribution in [0.15, 0.2) is 60.7 Å². The Morgan fingerprint density at radius 3 is 2.44 bits per heavy atom. The highest BCUT2D eigenvalue weighted by Crippen LogP contribution is 2.63. The van der Waals surface area contributed by atoms with Gasteiger partial charge in [-0.15, -0.1) is 0 Å². The van der Waals surface area contributed by atoms with Crippen molar-refractivity contribution in [3.63, 3.8) is 0 Å².